The predicted octanol–water partition coefficient (Wildman–Crippen LogP) is 1.96. The van der Waals surface area contributed by atoms with E-state index in [1.54, 1.807) is 0 Å². The molecule has 0 spiro atoms. The van der Waals surface area contributed by atoms with Gasteiger partial charge in [0.05, 0.1) is 0 Å². The Morgan fingerprint density at radius 2 is 1.86 bits per heavy atom. The van der Waals surface area contributed by atoms with Gasteiger partial charge >= 0.3 is 0 Å². The van der Waals surface area contributed by atoms with Gasteiger partial charge in [-0.2, -0.15) is 0 Å². The molecule has 0 aromatic carbocycles. The molecule has 3 unspecified atom stereocenters. The summed E-state index contributed by atoms with van der Waals surface area (Å²) in [6.45, 7) is 14.1. The van der Waals surface area contributed by atoms with Gasteiger partial charge in [0.2, 0.25) is 0 Å². The Balaban J connectivity index is 2.29. The second-order valence-electron chi connectivity index (χ2n) is 5.12. The number of hydrogen-bond donors (Lipinski definition) is 1. The minimum absolute atomic E-state index is 0.637. The third-order valence-corrected chi connectivity index (χ3v) is 3.03. The number of nitrogens with zero attached hydrogens (tertiary/aromatic N) is 1. The number of rotatable bonds is 4. The van der Waals surface area contributed by atoms with Gasteiger partial charge in [-0.3, -0.25) is 0 Å². The van der Waals surface area contributed by atoms with Crippen molar-refractivity contribution in [1.82, 2.24) is 10.2 Å². The Morgan fingerprint density at radius 1 is 1.29 bits per heavy atom. The fraction of sp³-hybridized carbons (Fsp3) is 1.00. The first-order chi connectivity index (χ1) is 6.61. The van der Waals surface area contributed by atoms with Gasteiger partial charge in [0.25, 0.3) is 0 Å². The van der Waals surface area contributed by atoms with Crippen LogP contribution in [0, 0.1) is 11.8 Å². The average Bonchev–Trinajstić information content (AvgIpc) is 2.01. The summed E-state index contributed by atoms with van der Waals surface area (Å²) in [4.78, 5) is 2.62. The van der Waals surface area contributed by atoms with E-state index >= 15 is 0 Å². The topological polar surface area (TPSA) is 15.3 Å². The van der Waals surface area contributed by atoms with Crippen LogP contribution in [0.3, 0.4) is 0 Å². The smallest absolute Gasteiger partial charge is 0.0166 e. The van der Waals surface area contributed by atoms with Crippen LogP contribution in [0.1, 0.15) is 34.1 Å². The van der Waals surface area contributed by atoms with E-state index < -0.39 is 0 Å². The second kappa shape index (κ2) is 5.72. The van der Waals surface area contributed by atoms with Crippen molar-refractivity contribution < 1.29 is 0 Å². The number of nitrogens with one attached hydrogen (secondary N) is 1. The second-order valence-corrected chi connectivity index (χ2v) is 5.12. The highest BCUT2D eigenvalue weighted by atomic mass is 15.2. The van der Waals surface area contributed by atoms with E-state index in [9.17, 15) is 0 Å². The summed E-state index contributed by atoms with van der Waals surface area (Å²) in [5, 5.41) is 3.48. The summed E-state index contributed by atoms with van der Waals surface area (Å²) in [7, 11) is 0. The largest absolute Gasteiger partial charge is 0.313 e. The molecule has 1 N–H and O–H groups in total. The molecule has 2 heteroatoms. The maximum absolute atomic E-state index is 3.48. The van der Waals surface area contributed by atoms with Gasteiger partial charge in [0.15, 0.2) is 0 Å². The summed E-state index contributed by atoms with van der Waals surface area (Å²) in [5.41, 5.74) is 0. The number of likely N-dealkylation sites (tertiary alicyclic amines) is 1. The van der Waals surface area contributed by atoms with Crippen molar-refractivity contribution in [3.63, 3.8) is 0 Å². The van der Waals surface area contributed by atoms with Crippen LogP contribution in [0.4, 0.5) is 0 Å². The maximum atomic E-state index is 3.48. The molecule has 3 atom stereocenters. The number of likely N-dealkylation sites (N-methyl/N-ethyl adjacent to an activating group) is 1. The highest BCUT2D eigenvalue weighted by Gasteiger charge is 2.22. The van der Waals surface area contributed by atoms with Crippen molar-refractivity contribution in [2.45, 2.75) is 40.2 Å². The van der Waals surface area contributed by atoms with Crippen LogP contribution < -0.4 is 5.32 Å². The van der Waals surface area contributed by atoms with E-state index in [0.717, 1.165) is 18.4 Å². The monoisotopic (exact) mass is 198 g/mol. The third kappa shape index (κ3) is 3.97. The van der Waals surface area contributed by atoms with Crippen LogP contribution in [0.15, 0.2) is 0 Å². The predicted molar refractivity (Wildman–Crippen MR) is 62.5 cm³/mol. The Bertz CT molecular complexity index is 148. The van der Waals surface area contributed by atoms with Crippen molar-refractivity contribution >= 4 is 0 Å². The molecule has 0 bridgehead atoms. The highest BCUT2D eigenvalue weighted by molar-refractivity contribution is 4.77. The first-order valence-electron chi connectivity index (χ1n) is 6.07. The molecule has 0 amide bonds. The first kappa shape index (κ1) is 12.0. The molecule has 14 heavy (non-hydrogen) atoms. The SMILES string of the molecule is CCNC(C)CN1CC(C)CC(C)C1. The highest BCUT2D eigenvalue weighted by Crippen LogP contribution is 2.20. The number of piperidine rings is 1. The van der Waals surface area contributed by atoms with E-state index in [1.165, 1.54) is 26.1 Å². The lowest BCUT2D eigenvalue weighted by molar-refractivity contribution is 0.131. The first-order valence-corrected chi connectivity index (χ1v) is 6.07. The number of hydrogen-bond acceptors (Lipinski definition) is 2. The molecule has 0 aromatic heterocycles. The lowest BCUT2D eigenvalue weighted by atomic mass is 9.92. The molecule has 2 nitrogen and oxygen atoms in total. The standard InChI is InChI=1S/C12H26N2/c1-5-13-12(4)9-14-7-10(2)6-11(3)8-14/h10-13H,5-9H2,1-4H3. The van der Waals surface area contributed by atoms with Crippen LogP contribution in [0.25, 0.3) is 0 Å². The summed E-state index contributed by atoms with van der Waals surface area (Å²) < 4.78 is 0. The van der Waals surface area contributed by atoms with E-state index in [4.69, 9.17) is 0 Å². The lowest BCUT2D eigenvalue weighted by Crippen LogP contribution is -2.45. The Labute approximate surface area is 89.1 Å². The van der Waals surface area contributed by atoms with Gasteiger partial charge in [-0.15, -0.1) is 0 Å². The third-order valence-electron chi connectivity index (χ3n) is 3.03. The van der Waals surface area contributed by atoms with Crippen molar-refractivity contribution in [3.8, 4) is 0 Å². The van der Waals surface area contributed by atoms with E-state index in [-0.39, 0.29) is 0 Å². The quantitative estimate of drug-likeness (QED) is 0.743. The zero-order valence-electron chi connectivity index (χ0n) is 10.2. The minimum atomic E-state index is 0.637. The molecule has 84 valence electrons. The normalized spacial score (nSPS) is 31.7. The average molecular weight is 198 g/mol. The van der Waals surface area contributed by atoms with Crippen LogP contribution in [0.5, 0.6) is 0 Å². The Kier molecular flexibility index (Phi) is 4.90. The van der Waals surface area contributed by atoms with Crippen molar-refractivity contribution in [3.05, 3.63) is 0 Å². The Morgan fingerprint density at radius 3 is 2.36 bits per heavy atom. The van der Waals surface area contributed by atoms with E-state index in [2.05, 4.69) is 37.9 Å². The van der Waals surface area contributed by atoms with Crippen molar-refractivity contribution in [2.75, 3.05) is 26.2 Å². The van der Waals surface area contributed by atoms with Crippen LogP contribution >= 0.6 is 0 Å². The summed E-state index contributed by atoms with van der Waals surface area (Å²) in [5.74, 6) is 1.76. The fourth-order valence-corrected chi connectivity index (χ4v) is 2.74. The summed E-state index contributed by atoms with van der Waals surface area (Å²) in [6.07, 6.45) is 1.41. The van der Waals surface area contributed by atoms with Gasteiger partial charge in [-0.25, -0.2) is 0 Å². The van der Waals surface area contributed by atoms with Gasteiger partial charge in [-0.1, -0.05) is 20.8 Å². The van der Waals surface area contributed by atoms with E-state index in [0.29, 0.717) is 6.04 Å². The molecule has 1 saturated heterocycles. The molecule has 0 aliphatic carbocycles. The zero-order valence-corrected chi connectivity index (χ0v) is 10.2. The summed E-state index contributed by atoms with van der Waals surface area (Å²) in [6, 6.07) is 0.637. The van der Waals surface area contributed by atoms with Crippen molar-refractivity contribution in [2.24, 2.45) is 11.8 Å². The molecule has 1 rings (SSSR count). The Hall–Kier alpha value is -0.0800. The van der Waals surface area contributed by atoms with Gasteiger partial charge < -0.3 is 10.2 Å². The van der Waals surface area contributed by atoms with Crippen LogP contribution in [-0.4, -0.2) is 37.1 Å². The molecule has 1 aliphatic rings. The van der Waals surface area contributed by atoms with Crippen LogP contribution in [-0.2, 0) is 0 Å². The van der Waals surface area contributed by atoms with E-state index in [1.807, 2.05) is 0 Å². The summed E-state index contributed by atoms with van der Waals surface area (Å²) >= 11 is 0. The maximum Gasteiger partial charge on any atom is 0.0166 e. The lowest BCUT2D eigenvalue weighted by Gasteiger charge is -2.36. The molecule has 1 aliphatic heterocycles. The molecule has 1 heterocycles. The minimum Gasteiger partial charge on any atom is -0.313 e. The van der Waals surface area contributed by atoms with Gasteiger partial charge in [-0.05, 0) is 31.7 Å². The molecular formula is C12H26N2. The molecule has 0 saturated carbocycles. The van der Waals surface area contributed by atoms with Crippen molar-refractivity contribution in [1.29, 1.82) is 0 Å². The van der Waals surface area contributed by atoms with Crippen LogP contribution in [0.2, 0.25) is 0 Å². The molecule has 0 radical (unpaired) electrons. The molecular weight excluding hydrogens is 172 g/mol. The molecule has 1 fully saturated rings. The molecule has 0 aromatic rings. The van der Waals surface area contributed by atoms with Gasteiger partial charge in [0.1, 0.15) is 0 Å². The zero-order chi connectivity index (χ0) is 10.6. The van der Waals surface area contributed by atoms with Gasteiger partial charge in [0, 0.05) is 25.7 Å². The fourth-order valence-electron chi connectivity index (χ4n) is 2.74.